The number of anilines is 1. The summed E-state index contributed by atoms with van der Waals surface area (Å²) in [6.07, 6.45) is 1.98. The Morgan fingerprint density at radius 2 is 2.33 bits per heavy atom. The SMILES string of the molecule is CCNC(=O)CCNc1nc(Cl)nc2[nH]ncc12. The van der Waals surface area contributed by atoms with E-state index in [0.717, 1.165) is 5.39 Å². The second-order valence-corrected chi connectivity index (χ2v) is 3.94. The first-order valence-corrected chi connectivity index (χ1v) is 5.95. The van der Waals surface area contributed by atoms with Crippen molar-refractivity contribution in [1.29, 1.82) is 0 Å². The zero-order chi connectivity index (χ0) is 13.0. The number of carbonyl (C=O) groups is 1. The summed E-state index contributed by atoms with van der Waals surface area (Å²) in [5, 5.41) is 13.2. The van der Waals surface area contributed by atoms with Crippen LogP contribution in [0.25, 0.3) is 11.0 Å². The van der Waals surface area contributed by atoms with E-state index in [2.05, 4.69) is 30.8 Å². The first-order valence-electron chi connectivity index (χ1n) is 5.58. The Hall–Kier alpha value is -1.89. The standard InChI is InChI=1S/C10H13ClN6O/c1-2-12-7(18)3-4-13-8-6-5-14-17-9(6)16-10(11)15-8/h5H,2-4H2,1H3,(H,12,18)(H2,13,14,15,16,17). The number of fused-ring (bicyclic) bond motifs is 1. The average Bonchev–Trinajstić information content (AvgIpc) is 2.77. The number of aromatic amines is 1. The molecule has 0 unspecified atom stereocenters. The minimum atomic E-state index is -0.00593. The molecule has 0 radical (unpaired) electrons. The summed E-state index contributed by atoms with van der Waals surface area (Å²) in [7, 11) is 0. The van der Waals surface area contributed by atoms with Gasteiger partial charge in [-0.2, -0.15) is 15.1 Å². The molecule has 96 valence electrons. The van der Waals surface area contributed by atoms with Crippen molar-refractivity contribution in [3.63, 3.8) is 0 Å². The molecule has 2 aromatic heterocycles. The number of hydrogen-bond donors (Lipinski definition) is 3. The fourth-order valence-electron chi connectivity index (χ4n) is 1.52. The van der Waals surface area contributed by atoms with Gasteiger partial charge in [0, 0.05) is 19.5 Å². The highest BCUT2D eigenvalue weighted by atomic mass is 35.5. The van der Waals surface area contributed by atoms with Crippen LogP contribution in [0.2, 0.25) is 5.28 Å². The lowest BCUT2D eigenvalue weighted by Gasteiger charge is -2.06. The van der Waals surface area contributed by atoms with E-state index >= 15 is 0 Å². The Morgan fingerprint density at radius 1 is 1.50 bits per heavy atom. The molecule has 0 aliphatic rings. The van der Waals surface area contributed by atoms with E-state index in [-0.39, 0.29) is 11.2 Å². The highest BCUT2D eigenvalue weighted by Crippen LogP contribution is 2.19. The number of amides is 1. The Morgan fingerprint density at radius 3 is 3.11 bits per heavy atom. The van der Waals surface area contributed by atoms with Gasteiger partial charge in [-0.1, -0.05) is 0 Å². The number of hydrogen-bond acceptors (Lipinski definition) is 5. The van der Waals surface area contributed by atoms with E-state index in [1.54, 1.807) is 6.20 Å². The molecule has 0 aromatic carbocycles. The summed E-state index contributed by atoms with van der Waals surface area (Å²) >= 11 is 5.78. The van der Waals surface area contributed by atoms with Crippen molar-refractivity contribution in [2.24, 2.45) is 0 Å². The maximum Gasteiger partial charge on any atom is 0.226 e. The second kappa shape index (κ2) is 5.63. The van der Waals surface area contributed by atoms with Crippen LogP contribution in [0.4, 0.5) is 5.82 Å². The Kier molecular flexibility index (Phi) is 3.93. The maximum atomic E-state index is 11.3. The molecule has 0 spiro atoms. The molecular formula is C10H13ClN6O. The van der Waals surface area contributed by atoms with Crippen LogP contribution in [-0.4, -0.2) is 39.2 Å². The van der Waals surface area contributed by atoms with Gasteiger partial charge in [0.05, 0.1) is 11.6 Å². The number of carbonyl (C=O) groups excluding carboxylic acids is 1. The third kappa shape index (κ3) is 2.86. The molecular weight excluding hydrogens is 256 g/mol. The Balaban J connectivity index is 2.03. The van der Waals surface area contributed by atoms with Gasteiger partial charge in [-0.25, -0.2) is 0 Å². The molecule has 18 heavy (non-hydrogen) atoms. The van der Waals surface area contributed by atoms with Crippen LogP contribution in [0.1, 0.15) is 13.3 Å². The van der Waals surface area contributed by atoms with E-state index in [1.165, 1.54) is 0 Å². The van der Waals surface area contributed by atoms with Gasteiger partial charge < -0.3 is 10.6 Å². The molecule has 8 heteroatoms. The third-order valence-corrected chi connectivity index (χ3v) is 2.47. The molecule has 0 aliphatic carbocycles. The molecule has 3 N–H and O–H groups in total. The minimum Gasteiger partial charge on any atom is -0.369 e. The van der Waals surface area contributed by atoms with Crippen LogP contribution >= 0.6 is 11.6 Å². The topological polar surface area (TPSA) is 95.6 Å². The van der Waals surface area contributed by atoms with Crippen LogP contribution in [0.15, 0.2) is 6.20 Å². The van der Waals surface area contributed by atoms with Crippen LogP contribution in [-0.2, 0) is 4.79 Å². The quantitative estimate of drug-likeness (QED) is 0.702. The first kappa shape index (κ1) is 12.6. The molecule has 0 bridgehead atoms. The van der Waals surface area contributed by atoms with E-state index in [0.29, 0.717) is 31.0 Å². The van der Waals surface area contributed by atoms with Gasteiger partial charge in [0.1, 0.15) is 5.82 Å². The first-order chi connectivity index (χ1) is 8.70. The van der Waals surface area contributed by atoms with Gasteiger partial charge in [0.2, 0.25) is 11.2 Å². The normalized spacial score (nSPS) is 10.6. The van der Waals surface area contributed by atoms with Crippen molar-refractivity contribution in [3.05, 3.63) is 11.5 Å². The number of nitrogens with zero attached hydrogens (tertiary/aromatic N) is 3. The lowest BCUT2D eigenvalue weighted by molar-refractivity contribution is -0.120. The Bertz CT molecular complexity index is 554. The molecule has 2 heterocycles. The van der Waals surface area contributed by atoms with Crippen molar-refractivity contribution in [2.75, 3.05) is 18.4 Å². The van der Waals surface area contributed by atoms with Gasteiger partial charge in [0.15, 0.2) is 5.65 Å². The number of H-pyrrole nitrogens is 1. The maximum absolute atomic E-state index is 11.3. The van der Waals surface area contributed by atoms with Gasteiger partial charge in [0.25, 0.3) is 0 Å². The third-order valence-electron chi connectivity index (χ3n) is 2.30. The molecule has 2 rings (SSSR count). The molecule has 2 aromatic rings. The molecule has 0 fully saturated rings. The lowest BCUT2D eigenvalue weighted by atomic mass is 10.3. The molecule has 0 aliphatic heterocycles. The number of nitrogens with one attached hydrogen (secondary N) is 3. The van der Waals surface area contributed by atoms with Crippen molar-refractivity contribution in [1.82, 2.24) is 25.5 Å². The molecule has 0 atom stereocenters. The fourth-order valence-corrected chi connectivity index (χ4v) is 1.69. The summed E-state index contributed by atoms with van der Waals surface area (Å²) in [6, 6.07) is 0. The van der Waals surface area contributed by atoms with E-state index < -0.39 is 0 Å². The highest BCUT2D eigenvalue weighted by molar-refractivity contribution is 6.28. The van der Waals surface area contributed by atoms with E-state index in [9.17, 15) is 4.79 Å². The smallest absolute Gasteiger partial charge is 0.226 e. The molecule has 0 saturated carbocycles. The van der Waals surface area contributed by atoms with Gasteiger partial charge in [-0.3, -0.25) is 9.89 Å². The minimum absolute atomic E-state index is 0.00593. The monoisotopic (exact) mass is 268 g/mol. The predicted molar refractivity (Wildman–Crippen MR) is 68.5 cm³/mol. The Labute approximate surface area is 108 Å². The molecule has 0 saturated heterocycles. The predicted octanol–water partition coefficient (Wildman–Crippen LogP) is 0.944. The van der Waals surface area contributed by atoms with Crippen molar-refractivity contribution < 1.29 is 4.79 Å². The van der Waals surface area contributed by atoms with Crippen molar-refractivity contribution >= 4 is 34.4 Å². The van der Waals surface area contributed by atoms with Crippen molar-refractivity contribution in [3.8, 4) is 0 Å². The summed E-state index contributed by atoms with van der Waals surface area (Å²) in [5.74, 6) is 0.566. The number of halogens is 1. The van der Waals surface area contributed by atoms with Gasteiger partial charge in [-0.05, 0) is 18.5 Å². The average molecular weight is 269 g/mol. The van der Waals surface area contributed by atoms with Crippen LogP contribution in [0, 0.1) is 0 Å². The number of rotatable bonds is 5. The van der Waals surface area contributed by atoms with E-state index in [4.69, 9.17) is 11.6 Å². The molecule has 7 nitrogen and oxygen atoms in total. The van der Waals surface area contributed by atoms with Crippen molar-refractivity contribution in [2.45, 2.75) is 13.3 Å². The summed E-state index contributed by atoms with van der Waals surface area (Å²) in [4.78, 5) is 19.3. The second-order valence-electron chi connectivity index (χ2n) is 3.60. The zero-order valence-electron chi connectivity index (χ0n) is 9.83. The van der Waals surface area contributed by atoms with Crippen LogP contribution in [0.5, 0.6) is 0 Å². The fraction of sp³-hybridized carbons (Fsp3) is 0.400. The van der Waals surface area contributed by atoms with Crippen LogP contribution < -0.4 is 10.6 Å². The molecule has 1 amide bonds. The number of aromatic nitrogens is 4. The summed E-state index contributed by atoms with van der Waals surface area (Å²) in [5.41, 5.74) is 0.565. The van der Waals surface area contributed by atoms with Crippen LogP contribution in [0.3, 0.4) is 0 Å². The largest absolute Gasteiger partial charge is 0.369 e. The summed E-state index contributed by atoms with van der Waals surface area (Å²) in [6.45, 7) is 2.98. The highest BCUT2D eigenvalue weighted by Gasteiger charge is 2.08. The van der Waals surface area contributed by atoms with Gasteiger partial charge in [-0.15, -0.1) is 0 Å². The summed E-state index contributed by atoms with van der Waals surface area (Å²) < 4.78 is 0. The zero-order valence-corrected chi connectivity index (χ0v) is 10.6. The van der Waals surface area contributed by atoms with Gasteiger partial charge >= 0.3 is 0 Å². The lowest BCUT2D eigenvalue weighted by Crippen LogP contribution is -2.24. The van der Waals surface area contributed by atoms with E-state index in [1.807, 2.05) is 6.92 Å².